The van der Waals surface area contributed by atoms with Crippen molar-refractivity contribution in [2.24, 2.45) is 11.8 Å². The van der Waals surface area contributed by atoms with Crippen molar-refractivity contribution in [3.63, 3.8) is 0 Å². The van der Waals surface area contributed by atoms with Gasteiger partial charge in [-0.15, -0.1) is 0 Å². The van der Waals surface area contributed by atoms with Gasteiger partial charge >= 0.3 is 6.18 Å². The highest BCUT2D eigenvalue weighted by Crippen LogP contribution is 2.42. The molecule has 0 bridgehead atoms. The highest BCUT2D eigenvalue weighted by Gasteiger charge is 2.50. The summed E-state index contributed by atoms with van der Waals surface area (Å²) < 4.78 is 41.1. The molecule has 0 aliphatic carbocycles. The van der Waals surface area contributed by atoms with Gasteiger partial charge in [-0.2, -0.15) is 13.2 Å². The zero-order valence-electron chi connectivity index (χ0n) is 25.2. The van der Waals surface area contributed by atoms with Gasteiger partial charge in [0, 0.05) is 63.8 Å². The fourth-order valence-electron chi connectivity index (χ4n) is 7.32. The maximum absolute atomic E-state index is 14.1. The molecule has 1 aromatic heterocycles. The summed E-state index contributed by atoms with van der Waals surface area (Å²) in [5.74, 6) is -1.07. The van der Waals surface area contributed by atoms with Gasteiger partial charge in [0.2, 0.25) is 17.7 Å². The quantitative estimate of drug-likeness (QED) is 0.482. The summed E-state index contributed by atoms with van der Waals surface area (Å²) in [7, 11) is 1.66. The number of benzene rings is 1. The Balaban J connectivity index is 1.29. The van der Waals surface area contributed by atoms with Gasteiger partial charge in [0.05, 0.1) is 16.9 Å². The third kappa shape index (κ3) is 5.33. The summed E-state index contributed by atoms with van der Waals surface area (Å²) in [5.41, 5.74) is 1.86. The molecular formula is C32H37F3N6O3. The Kier molecular flexibility index (Phi) is 7.67. The van der Waals surface area contributed by atoms with Crippen LogP contribution in [0.4, 0.5) is 30.4 Å². The van der Waals surface area contributed by atoms with E-state index in [4.69, 9.17) is 0 Å². The molecule has 2 aromatic rings. The molecule has 0 saturated carbocycles. The number of rotatable bonds is 5. The lowest BCUT2D eigenvalue weighted by atomic mass is 9.94. The molecule has 4 aliphatic heterocycles. The minimum Gasteiger partial charge on any atom is -0.369 e. The third-order valence-corrected chi connectivity index (χ3v) is 9.54. The fourth-order valence-corrected chi connectivity index (χ4v) is 7.32. The van der Waals surface area contributed by atoms with Crippen molar-refractivity contribution >= 4 is 34.9 Å². The number of para-hydroxylation sites is 1. The van der Waals surface area contributed by atoms with E-state index in [1.165, 1.54) is 17.9 Å². The Morgan fingerprint density at radius 1 is 1.11 bits per heavy atom. The van der Waals surface area contributed by atoms with Crippen LogP contribution >= 0.6 is 0 Å². The molecule has 6 rings (SSSR count). The van der Waals surface area contributed by atoms with Crippen LogP contribution in [0.5, 0.6) is 0 Å². The van der Waals surface area contributed by atoms with Crippen LogP contribution in [-0.4, -0.2) is 90.9 Å². The van der Waals surface area contributed by atoms with Crippen LogP contribution in [0.3, 0.4) is 0 Å². The summed E-state index contributed by atoms with van der Waals surface area (Å²) in [4.78, 5) is 53.0. The largest absolute Gasteiger partial charge is 0.416 e. The normalized spacial score (nSPS) is 24.6. The van der Waals surface area contributed by atoms with Crippen molar-refractivity contribution < 1.29 is 27.6 Å². The van der Waals surface area contributed by atoms with Gasteiger partial charge in [-0.05, 0) is 62.6 Å². The number of nitrogens with zero attached hydrogens (tertiary/aromatic N) is 6. The van der Waals surface area contributed by atoms with Gasteiger partial charge in [0.1, 0.15) is 11.9 Å². The summed E-state index contributed by atoms with van der Waals surface area (Å²) in [6.45, 7) is 11.3. The maximum Gasteiger partial charge on any atom is 0.416 e. The van der Waals surface area contributed by atoms with E-state index in [0.29, 0.717) is 43.8 Å². The molecule has 4 aliphatic rings. The summed E-state index contributed by atoms with van der Waals surface area (Å²) in [6.07, 6.45) is -2.26. The number of carbonyl (C=O) groups is 3. The molecule has 234 valence electrons. The van der Waals surface area contributed by atoms with E-state index in [9.17, 15) is 27.6 Å². The Bertz CT molecular complexity index is 1510. The van der Waals surface area contributed by atoms with E-state index in [-0.39, 0.29) is 29.7 Å². The number of halogens is 3. The Hall–Kier alpha value is -3.93. The van der Waals surface area contributed by atoms with E-state index in [0.717, 1.165) is 42.9 Å². The second-order valence-corrected chi connectivity index (χ2v) is 12.5. The first-order valence-electron chi connectivity index (χ1n) is 15.0. The zero-order chi connectivity index (χ0) is 31.5. The van der Waals surface area contributed by atoms with Gasteiger partial charge in [0.25, 0.3) is 0 Å². The Labute approximate surface area is 254 Å². The standard InChI is InChI=1S/C32H37F3N6O3/c1-5-27(42)39-17-24(18-39)38-10-9-21(14-38)15-40-16-22-12-28(43)41(26-13-23(32(33,34)35)11-20(3)36-26)30(22)31(44)37(4)25-8-6-7-19(2)29(25)40/h5-8,11,13,21-22,24,30H,1,9-10,12,14-18H2,2-4H3/t21-,22-,30+/m1/s1. The second-order valence-electron chi connectivity index (χ2n) is 12.5. The number of hydrogen-bond acceptors (Lipinski definition) is 6. The molecule has 9 nitrogen and oxygen atoms in total. The number of amides is 3. The monoisotopic (exact) mass is 610 g/mol. The lowest BCUT2D eigenvalue weighted by Crippen LogP contribution is -2.60. The van der Waals surface area contributed by atoms with Crippen LogP contribution < -0.4 is 14.7 Å². The Morgan fingerprint density at radius 3 is 2.57 bits per heavy atom. The molecule has 44 heavy (non-hydrogen) atoms. The van der Waals surface area contributed by atoms with Crippen molar-refractivity contribution in [2.75, 3.05) is 61.0 Å². The third-order valence-electron chi connectivity index (χ3n) is 9.54. The number of likely N-dealkylation sites (tertiary alicyclic amines) is 2. The van der Waals surface area contributed by atoms with Crippen LogP contribution in [0.25, 0.3) is 0 Å². The van der Waals surface area contributed by atoms with Crippen molar-refractivity contribution in [3.05, 3.63) is 59.8 Å². The molecule has 5 heterocycles. The number of pyridine rings is 1. The van der Waals surface area contributed by atoms with Gasteiger partial charge in [-0.1, -0.05) is 18.7 Å². The van der Waals surface area contributed by atoms with Crippen LogP contribution in [0, 0.1) is 25.7 Å². The molecule has 3 fully saturated rings. The van der Waals surface area contributed by atoms with E-state index in [1.54, 1.807) is 16.8 Å². The number of fused-ring (bicyclic) bond motifs is 2. The molecule has 0 unspecified atom stereocenters. The molecule has 0 radical (unpaired) electrons. The lowest BCUT2D eigenvalue weighted by molar-refractivity contribution is -0.137. The first-order chi connectivity index (χ1) is 20.8. The molecule has 3 amide bonds. The number of anilines is 3. The minimum absolute atomic E-state index is 0.0327. The maximum atomic E-state index is 14.1. The van der Waals surface area contributed by atoms with E-state index < -0.39 is 29.6 Å². The number of alkyl halides is 3. The predicted octanol–water partition coefficient (Wildman–Crippen LogP) is 3.64. The first-order valence-corrected chi connectivity index (χ1v) is 15.0. The average molecular weight is 611 g/mol. The van der Waals surface area contributed by atoms with Crippen LogP contribution in [0.15, 0.2) is 43.0 Å². The molecule has 3 saturated heterocycles. The van der Waals surface area contributed by atoms with Gasteiger partial charge < -0.3 is 14.7 Å². The second kappa shape index (κ2) is 11.2. The van der Waals surface area contributed by atoms with Gasteiger partial charge in [-0.25, -0.2) is 4.98 Å². The first kappa shape index (κ1) is 30.1. The van der Waals surface area contributed by atoms with Crippen molar-refractivity contribution in [1.29, 1.82) is 0 Å². The molecule has 1 aromatic carbocycles. The van der Waals surface area contributed by atoms with E-state index >= 15 is 0 Å². The summed E-state index contributed by atoms with van der Waals surface area (Å²) in [5, 5.41) is 0. The summed E-state index contributed by atoms with van der Waals surface area (Å²) in [6, 6.07) is 6.91. The SMILES string of the molecule is C=CC(=O)N1CC(N2CC[C@@H](CN3C[C@H]4CC(=O)N(c5cc(C(F)(F)F)cc(C)n5)[C@@H]4C(=O)N(C)c4cccc(C)c43)C2)C1. The molecule has 0 N–H and O–H groups in total. The van der Waals surface area contributed by atoms with E-state index in [1.807, 2.05) is 25.1 Å². The number of likely N-dealkylation sites (N-methyl/N-ethyl adjacent to an activating group) is 1. The van der Waals surface area contributed by atoms with Crippen molar-refractivity contribution in [3.8, 4) is 0 Å². The lowest BCUT2D eigenvalue weighted by Gasteiger charge is -2.44. The van der Waals surface area contributed by atoms with Crippen molar-refractivity contribution in [2.45, 2.75) is 44.9 Å². The topological polar surface area (TPSA) is 80.3 Å². The predicted molar refractivity (Wildman–Crippen MR) is 160 cm³/mol. The van der Waals surface area contributed by atoms with E-state index in [2.05, 4.69) is 21.4 Å². The zero-order valence-corrected chi connectivity index (χ0v) is 25.2. The fraction of sp³-hybridized carbons (Fsp3) is 0.500. The molecular weight excluding hydrogens is 573 g/mol. The highest BCUT2D eigenvalue weighted by atomic mass is 19.4. The smallest absolute Gasteiger partial charge is 0.369 e. The molecule has 0 spiro atoms. The van der Waals surface area contributed by atoms with Gasteiger partial charge in [-0.3, -0.25) is 24.2 Å². The van der Waals surface area contributed by atoms with Crippen LogP contribution in [0.1, 0.15) is 29.7 Å². The molecule has 3 atom stereocenters. The average Bonchev–Trinajstić information content (AvgIpc) is 3.52. The Morgan fingerprint density at radius 2 is 1.86 bits per heavy atom. The van der Waals surface area contributed by atoms with Crippen molar-refractivity contribution in [1.82, 2.24) is 14.8 Å². The molecule has 12 heteroatoms. The van der Waals surface area contributed by atoms with Gasteiger partial charge in [0.15, 0.2) is 0 Å². The number of aryl methyl sites for hydroxylation is 2. The van der Waals surface area contributed by atoms with Crippen LogP contribution in [-0.2, 0) is 20.6 Å². The number of carbonyl (C=O) groups excluding carboxylic acids is 3. The van der Waals surface area contributed by atoms with Crippen LogP contribution in [0.2, 0.25) is 0 Å². The number of aromatic nitrogens is 1. The number of hydrogen-bond donors (Lipinski definition) is 0. The summed E-state index contributed by atoms with van der Waals surface area (Å²) >= 11 is 0. The minimum atomic E-state index is -4.62. The highest BCUT2D eigenvalue weighted by molar-refractivity contribution is 6.10.